The number of carboxylic acid groups (broad SMARTS) is 1. The molecule has 1 rings (SSSR count). The third-order valence-corrected chi connectivity index (χ3v) is 7.68. The number of carbonyl (C=O) groups is 8. The lowest BCUT2D eigenvalue weighted by Gasteiger charge is -2.25. The summed E-state index contributed by atoms with van der Waals surface area (Å²) in [5, 5.41) is 27.0. The van der Waals surface area contributed by atoms with Crippen molar-refractivity contribution in [1.82, 2.24) is 37.2 Å². The van der Waals surface area contributed by atoms with Gasteiger partial charge in [-0.15, -0.1) is 0 Å². The van der Waals surface area contributed by atoms with Crippen molar-refractivity contribution in [3.63, 3.8) is 0 Å². The summed E-state index contributed by atoms with van der Waals surface area (Å²) in [7, 11) is 0. The molecule has 7 amide bonds. The molecule has 0 spiro atoms. The van der Waals surface area contributed by atoms with Gasteiger partial charge in [-0.3, -0.25) is 38.6 Å². The summed E-state index contributed by atoms with van der Waals surface area (Å²) in [5.41, 5.74) is 15.7. The molecule has 0 radical (unpaired) electrons. The summed E-state index contributed by atoms with van der Waals surface area (Å²) in [6.45, 7) is 4.53. The van der Waals surface area contributed by atoms with Gasteiger partial charge in [-0.05, 0) is 51.5 Å². The Morgan fingerprint density at radius 1 is 0.837 bits per heavy atom. The number of nitrogens with zero attached hydrogens (tertiary/aromatic N) is 1. The van der Waals surface area contributed by atoms with Gasteiger partial charge in [0, 0.05) is 13.0 Å². The molecule has 0 aliphatic carbocycles. The average Bonchev–Trinajstić information content (AvgIpc) is 3.59. The largest absolute Gasteiger partial charge is 0.480 e. The molecule has 49 heavy (non-hydrogen) atoms. The summed E-state index contributed by atoms with van der Waals surface area (Å²) in [6, 6.07) is -5.11. The summed E-state index contributed by atoms with van der Waals surface area (Å²) in [5.74, 6) is -6.60. The molecule has 0 aromatic carbocycles. The van der Waals surface area contributed by atoms with Crippen LogP contribution in [0.1, 0.15) is 65.7 Å². The number of primary amides is 1. The SMILES string of the molecule is CCC(C)C(NC(=O)CNC(=O)C(CCC(N)=O)NC(=O)C1CCCN1)C(=O)NC(C)C(=O)NCC(=O)NC(CCCN=C(N)N)C(=O)O. The first kappa shape index (κ1) is 42.0. The Hall–Kier alpha value is -5.01. The average molecular weight is 698 g/mol. The van der Waals surface area contributed by atoms with Crippen molar-refractivity contribution < 1.29 is 43.5 Å². The summed E-state index contributed by atoms with van der Waals surface area (Å²) < 4.78 is 0. The zero-order chi connectivity index (χ0) is 37.1. The van der Waals surface area contributed by atoms with E-state index in [1.54, 1.807) is 13.8 Å². The van der Waals surface area contributed by atoms with Crippen LogP contribution in [0.5, 0.6) is 0 Å². The molecule has 276 valence electrons. The third-order valence-electron chi connectivity index (χ3n) is 7.68. The number of guanidine groups is 1. The van der Waals surface area contributed by atoms with E-state index in [4.69, 9.17) is 17.2 Å². The van der Waals surface area contributed by atoms with E-state index in [0.29, 0.717) is 19.4 Å². The summed E-state index contributed by atoms with van der Waals surface area (Å²) >= 11 is 0. The molecule has 6 atom stereocenters. The van der Waals surface area contributed by atoms with Crippen LogP contribution in [0.25, 0.3) is 0 Å². The summed E-state index contributed by atoms with van der Waals surface area (Å²) in [4.78, 5) is 103. The Labute approximate surface area is 284 Å². The first-order valence-electron chi connectivity index (χ1n) is 16.1. The van der Waals surface area contributed by atoms with Crippen LogP contribution in [0.3, 0.4) is 0 Å². The van der Waals surface area contributed by atoms with Crippen LogP contribution in [0.2, 0.25) is 0 Å². The van der Waals surface area contributed by atoms with Crippen molar-refractivity contribution in [2.45, 2.75) is 95.9 Å². The van der Waals surface area contributed by atoms with Gasteiger partial charge >= 0.3 is 5.97 Å². The lowest BCUT2D eigenvalue weighted by atomic mass is 9.98. The molecule has 0 saturated carbocycles. The molecule has 14 N–H and O–H groups in total. The fourth-order valence-corrected chi connectivity index (χ4v) is 4.65. The van der Waals surface area contributed by atoms with E-state index in [1.807, 2.05) is 0 Å². The van der Waals surface area contributed by atoms with Gasteiger partial charge < -0.3 is 59.5 Å². The van der Waals surface area contributed by atoms with Crippen molar-refractivity contribution in [2.75, 3.05) is 26.2 Å². The van der Waals surface area contributed by atoms with Crippen molar-refractivity contribution in [1.29, 1.82) is 0 Å². The predicted molar refractivity (Wildman–Crippen MR) is 176 cm³/mol. The molecular weight excluding hydrogens is 646 g/mol. The van der Waals surface area contributed by atoms with Crippen LogP contribution >= 0.6 is 0 Å². The van der Waals surface area contributed by atoms with Crippen LogP contribution in [0.15, 0.2) is 4.99 Å². The molecule has 1 fully saturated rings. The minimum atomic E-state index is -1.28. The zero-order valence-corrected chi connectivity index (χ0v) is 28.1. The molecule has 1 aliphatic heterocycles. The van der Waals surface area contributed by atoms with Gasteiger partial charge in [0.15, 0.2) is 5.96 Å². The fourth-order valence-electron chi connectivity index (χ4n) is 4.65. The Morgan fingerprint density at radius 3 is 2.02 bits per heavy atom. The van der Waals surface area contributed by atoms with Gasteiger partial charge in [-0.2, -0.15) is 0 Å². The minimum absolute atomic E-state index is 0.0369. The molecular formula is C29H51N11O9. The van der Waals surface area contributed by atoms with E-state index < -0.39 is 96.5 Å². The number of rotatable bonds is 22. The standard InChI is InChI=1S/C29H51N11O9/c1-4-15(2)23(40-22(43)14-36-25(45)18(9-10-20(30)41)39-26(46)17-7-5-11-33-17)27(47)37-16(3)24(44)35-13-21(42)38-19(28(48)49)8-6-12-34-29(31)32/h15-19,23,33H,4-14H2,1-3H3,(H2,30,41)(H,35,44)(H,36,45)(H,37,47)(H,38,42)(H,39,46)(H,40,43)(H,48,49)(H4,31,32,34). The highest BCUT2D eigenvalue weighted by Crippen LogP contribution is 2.09. The van der Waals surface area contributed by atoms with Gasteiger partial charge in [0.25, 0.3) is 0 Å². The number of nitrogens with two attached hydrogens (primary N) is 3. The Balaban J connectivity index is 2.69. The Morgan fingerprint density at radius 2 is 1.47 bits per heavy atom. The lowest BCUT2D eigenvalue weighted by Crippen LogP contribution is -2.57. The van der Waals surface area contributed by atoms with Crippen molar-refractivity contribution >= 4 is 53.3 Å². The highest BCUT2D eigenvalue weighted by Gasteiger charge is 2.30. The molecule has 1 heterocycles. The number of amides is 7. The van der Waals surface area contributed by atoms with E-state index in [1.165, 1.54) is 6.92 Å². The highest BCUT2D eigenvalue weighted by molar-refractivity contribution is 5.95. The van der Waals surface area contributed by atoms with E-state index in [2.05, 4.69) is 42.2 Å². The molecule has 0 bridgehead atoms. The smallest absolute Gasteiger partial charge is 0.326 e. The van der Waals surface area contributed by atoms with Gasteiger partial charge in [-0.25, -0.2) is 4.79 Å². The van der Waals surface area contributed by atoms with Crippen LogP contribution in [0, 0.1) is 5.92 Å². The maximum atomic E-state index is 13.1. The molecule has 1 aliphatic rings. The van der Waals surface area contributed by atoms with Gasteiger partial charge in [0.1, 0.15) is 24.2 Å². The normalized spacial score (nSPS) is 16.8. The van der Waals surface area contributed by atoms with E-state index >= 15 is 0 Å². The van der Waals surface area contributed by atoms with Gasteiger partial charge in [-0.1, -0.05) is 20.3 Å². The highest BCUT2D eigenvalue weighted by atomic mass is 16.4. The second kappa shape index (κ2) is 21.8. The molecule has 20 nitrogen and oxygen atoms in total. The predicted octanol–water partition coefficient (Wildman–Crippen LogP) is -4.62. The topological polar surface area (TPSA) is 331 Å². The zero-order valence-electron chi connectivity index (χ0n) is 28.1. The number of carboxylic acids is 1. The molecule has 0 aromatic heterocycles. The number of carbonyl (C=O) groups excluding carboxylic acids is 7. The van der Waals surface area contributed by atoms with Crippen LogP contribution < -0.4 is 54.4 Å². The fraction of sp³-hybridized carbons (Fsp3) is 0.690. The van der Waals surface area contributed by atoms with Gasteiger partial charge in [0.05, 0.1) is 19.1 Å². The molecule has 20 heteroatoms. The minimum Gasteiger partial charge on any atom is -0.480 e. The van der Waals surface area contributed by atoms with Crippen LogP contribution in [0.4, 0.5) is 0 Å². The summed E-state index contributed by atoms with van der Waals surface area (Å²) in [6.07, 6.45) is 1.89. The van der Waals surface area contributed by atoms with Crippen molar-refractivity contribution in [3.8, 4) is 0 Å². The monoisotopic (exact) mass is 697 g/mol. The van der Waals surface area contributed by atoms with Crippen LogP contribution in [-0.2, 0) is 38.4 Å². The second-order valence-corrected chi connectivity index (χ2v) is 11.7. The van der Waals surface area contributed by atoms with E-state index in [-0.39, 0.29) is 38.2 Å². The second-order valence-electron chi connectivity index (χ2n) is 11.7. The number of aliphatic imine (C=N–C) groups is 1. The van der Waals surface area contributed by atoms with E-state index in [9.17, 15) is 43.5 Å². The van der Waals surface area contributed by atoms with Gasteiger partial charge in [0.2, 0.25) is 41.4 Å². The van der Waals surface area contributed by atoms with E-state index in [0.717, 1.165) is 6.42 Å². The van der Waals surface area contributed by atoms with Crippen LogP contribution in [-0.4, -0.2) is 115 Å². The maximum absolute atomic E-state index is 13.1. The van der Waals surface area contributed by atoms with Crippen molar-refractivity contribution in [3.05, 3.63) is 0 Å². The Kier molecular flexibility index (Phi) is 18.7. The third kappa shape index (κ3) is 16.6. The molecule has 1 saturated heterocycles. The Bertz CT molecular complexity index is 1220. The number of hydrogen-bond acceptors (Lipinski definition) is 10. The quantitative estimate of drug-likeness (QED) is 0.0289. The maximum Gasteiger partial charge on any atom is 0.326 e. The number of aliphatic carboxylic acids is 1. The molecule has 0 aromatic rings. The number of hydrogen-bond donors (Lipinski definition) is 11. The lowest BCUT2D eigenvalue weighted by molar-refractivity contribution is -0.142. The van der Waals surface area contributed by atoms with Crippen molar-refractivity contribution in [2.24, 2.45) is 28.1 Å². The number of nitrogens with one attached hydrogen (secondary N) is 7. The first-order valence-corrected chi connectivity index (χ1v) is 16.1. The molecule has 6 unspecified atom stereocenters. The first-order chi connectivity index (χ1) is 23.0.